The molecule has 7 aromatic carbocycles. The minimum Gasteiger partial charge on any atom is -0.456 e. The van der Waals surface area contributed by atoms with Crippen molar-refractivity contribution in [3.8, 4) is 17.1 Å². The van der Waals surface area contributed by atoms with Gasteiger partial charge in [-0.2, -0.15) is 0 Å². The lowest BCUT2D eigenvalue weighted by Gasteiger charge is -2.26. The maximum Gasteiger partial charge on any atom is 0.227 e. The lowest BCUT2D eigenvalue weighted by Crippen LogP contribution is -2.10. The van der Waals surface area contributed by atoms with E-state index in [2.05, 4.69) is 131 Å². The second-order valence-corrected chi connectivity index (χ2v) is 12.0. The first kappa shape index (κ1) is 26.6. The van der Waals surface area contributed by atoms with E-state index in [1.807, 2.05) is 42.5 Å². The van der Waals surface area contributed by atoms with Gasteiger partial charge in [0, 0.05) is 44.5 Å². The SMILES string of the molecule is c1ccc(-c2nc3c(ccc4oc5ccc(N(c6ccccc6)c6ccc7c8ccccc8n(-c8ccccc8)c7c6)cc5c43)o2)cc1. The third-order valence-electron chi connectivity index (χ3n) is 9.20. The first-order valence-corrected chi connectivity index (χ1v) is 16.1. The Morgan fingerprint density at radius 1 is 0.458 bits per heavy atom. The molecule has 0 N–H and O–H groups in total. The predicted octanol–water partition coefficient (Wildman–Crippen LogP) is 12.0. The van der Waals surface area contributed by atoms with Gasteiger partial charge in [0.25, 0.3) is 0 Å². The van der Waals surface area contributed by atoms with Gasteiger partial charge in [0.15, 0.2) is 5.58 Å². The molecule has 0 aliphatic heterocycles. The summed E-state index contributed by atoms with van der Waals surface area (Å²) in [6.45, 7) is 0. The molecule has 5 nitrogen and oxygen atoms in total. The Balaban J connectivity index is 1.20. The Bertz CT molecular complexity index is 2780. The molecule has 0 saturated carbocycles. The van der Waals surface area contributed by atoms with E-state index in [-0.39, 0.29) is 0 Å². The van der Waals surface area contributed by atoms with Gasteiger partial charge < -0.3 is 18.3 Å². The molecule has 0 amide bonds. The van der Waals surface area contributed by atoms with Crippen LogP contribution in [0.3, 0.4) is 0 Å². The third-order valence-corrected chi connectivity index (χ3v) is 9.20. The number of anilines is 3. The van der Waals surface area contributed by atoms with Crippen molar-refractivity contribution in [3.63, 3.8) is 0 Å². The smallest absolute Gasteiger partial charge is 0.227 e. The zero-order chi connectivity index (χ0) is 31.6. The average Bonchev–Trinajstić information content (AvgIpc) is 3.84. The number of benzene rings is 7. The molecule has 0 bridgehead atoms. The first-order chi connectivity index (χ1) is 23.8. The fraction of sp³-hybridized carbons (Fsp3) is 0. The van der Waals surface area contributed by atoms with Crippen molar-refractivity contribution < 1.29 is 8.83 Å². The van der Waals surface area contributed by atoms with Gasteiger partial charge >= 0.3 is 0 Å². The molecule has 0 spiro atoms. The van der Waals surface area contributed by atoms with E-state index in [9.17, 15) is 0 Å². The molecule has 10 rings (SSSR count). The highest BCUT2D eigenvalue weighted by Gasteiger charge is 2.21. The Morgan fingerprint density at radius 2 is 1.10 bits per heavy atom. The number of fused-ring (bicyclic) bond motifs is 8. The Hall–Kier alpha value is -6.59. The van der Waals surface area contributed by atoms with Gasteiger partial charge in [-0.15, -0.1) is 0 Å². The molecule has 0 fully saturated rings. The standard InChI is InChI=1S/C43H27N3O2/c1-4-12-28(13-5-1)43-44-42-40(48-43)25-24-39-41(42)35-26-31(21-23-38(35)47-39)45(29-14-6-2-7-15-29)32-20-22-34-33-18-10-11-19-36(33)46(37(34)27-32)30-16-8-3-9-17-30/h1-27H. The highest BCUT2D eigenvalue weighted by molar-refractivity contribution is 6.17. The average molecular weight is 618 g/mol. The number of nitrogens with zero attached hydrogens (tertiary/aromatic N) is 3. The second-order valence-electron chi connectivity index (χ2n) is 12.0. The van der Waals surface area contributed by atoms with E-state index in [1.165, 1.54) is 16.3 Å². The van der Waals surface area contributed by atoms with Crippen LogP contribution >= 0.6 is 0 Å². The molecule has 0 aliphatic rings. The maximum absolute atomic E-state index is 6.37. The minimum atomic E-state index is 0.594. The highest BCUT2D eigenvalue weighted by Crippen LogP contribution is 2.43. The summed E-state index contributed by atoms with van der Waals surface area (Å²) in [5.74, 6) is 0.594. The van der Waals surface area contributed by atoms with Gasteiger partial charge in [-0.05, 0) is 84.9 Å². The van der Waals surface area contributed by atoms with Crippen LogP contribution < -0.4 is 4.90 Å². The van der Waals surface area contributed by atoms with Crippen molar-refractivity contribution >= 4 is 71.9 Å². The lowest BCUT2D eigenvalue weighted by atomic mass is 10.1. The van der Waals surface area contributed by atoms with Crippen molar-refractivity contribution in [2.45, 2.75) is 0 Å². The molecule has 3 aromatic heterocycles. The van der Waals surface area contributed by atoms with E-state index in [0.29, 0.717) is 5.89 Å². The van der Waals surface area contributed by atoms with Gasteiger partial charge in [0.1, 0.15) is 16.7 Å². The van der Waals surface area contributed by atoms with Crippen LogP contribution in [0.25, 0.3) is 72.0 Å². The van der Waals surface area contributed by atoms with Crippen LogP contribution in [0.2, 0.25) is 0 Å². The van der Waals surface area contributed by atoms with Crippen LogP contribution in [0.15, 0.2) is 173 Å². The van der Waals surface area contributed by atoms with Gasteiger partial charge in [0.2, 0.25) is 5.89 Å². The molecule has 3 heterocycles. The number of para-hydroxylation sites is 3. The number of aromatic nitrogens is 2. The summed E-state index contributed by atoms with van der Waals surface area (Å²) in [5.41, 5.74) is 10.6. The van der Waals surface area contributed by atoms with Crippen molar-refractivity contribution in [2.75, 3.05) is 4.90 Å². The van der Waals surface area contributed by atoms with Crippen LogP contribution in [0.1, 0.15) is 0 Å². The zero-order valence-electron chi connectivity index (χ0n) is 25.7. The minimum absolute atomic E-state index is 0.594. The Labute approximate surface area is 275 Å². The van der Waals surface area contributed by atoms with Crippen LogP contribution in [0.4, 0.5) is 17.1 Å². The fourth-order valence-corrected chi connectivity index (χ4v) is 7.06. The molecular formula is C43H27N3O2. The summed E-state index contributed by atoms with van der Waals surface area (Å²) >= 11 is 0. The summed E-state index contributed by atoms with van der Waals surface area (Å²) in [4.78, 5) is 7.28. The predicted molar refractivity (Wildman–Crippen MR) is 196 cm³/mol. The zero-order valence-corrected chi connectivity index (χ0v) is 25.7. The number of oxazole rings is 1. The van der Waals surface area contributed by atoms with Crippen molar-refractivity contribution in [1.29, 1.82) is 0 Å². The van der Waals surface area contributed by atoms with Gasteiger partial charge in [0.05, 0.1) is 16.4 Å². The molecule has 0 aliphatic carbocycles. The van der Waals surface area contributed by atoms with Crippen molar-refractivity contribution in [3.05, 3.63) is 164 Å². The molecule has 0 saturated heterocycles. The number of hydrogen-bond donors (Lipinski definition) is 0. The first-order valence-electron chi connectivity index (χ1n) is 16.1. The summed E-state index contributed by atoms with van der Waals surface area (Å²) in [5, 5.41) is 4.38. The maximum atomic E-state index is 6.37. The van der Waals surface area contributed by atoms with E-state index >= 15 is 0 Å². The number of furan rings is 1. The van der Waals surface area contributed by atoms with E-state index in [1.54, 1.807) is 0 Å². The molecule has 0 radical (unpaired) electrons. The summed E-state index contributed by atoms with van der Waals surface area (Å²) in [6.07, 6.45) is 0. The second kappa shape index (κ2) is 10.5. The monoisotopic (exact) mass is 617 g/mol. The molecule has 10 aromatic rings. The normalized spacial score (nSPS) is 11.8. The van der Waals surface area contributed by atoms with Crippen LogP contribution in [0.5, 0.6) is 0 Å². The van der Waals surface area contributed by atoms with Crippen LogP contribution in [0, 0.1) is 0 Å². The summed E-state index contributed by atoms with van der Waals surface area (Å²) in [7, 11) is 0. The van der Waals surface area contributed by atoms with Crippen molar-refractivity contribution in [1.82, 2.24) is 9.55 Å². The highest BCUT2D eigenvalue weighted by atomic mass is 16.4. The molecule has 0 unspecified atom stereocenters. The summed E-state index contributed by atoms with van der Waals surface area (Å²) in [6, 6.07) is 56.8. The molecule has 226 valence electrons. The number of rotatable bonds is 5. The molecule has 0 atom stereocenters. The Kier molecular flexibility index (Phi) is 5.81. The molecule has 5 heteroatoms. The molecular weight excluding hydrogens is 590 g/mol. The van der Waals surface area contributed by atoms with Gasteiger partial charge in [-0.25, -0.2) is 4.98 Å². The van der Waals surface area contributed by atoms with Gasteiger partial charge in [-0.1, -0.05) is 78.9 Å². The number of hydrogen-bond acceptors (Lipinski definition) is 4. The largest absolute Gasteiger partial charge is 0.456 e. The molecule has 48 heavy (non-hydrogen) atoms. The van der Waals surface area contributed by atoms with Crippen LogP contribution in [-0.2, 0) is 0 Å². The van der Waals surface area contributed by atoms with Crippen LogP contribution in [-0.4, -0.2) is 9.55 Å². The Morgan fingerprint density at radius 3 is 1.94 bits per heavy atom. The third kappa shape index (κ3) is 4.08. The van der Waals surface area contributed by atoms with E-state index < -0.39 is 0 Å². The quantitative estimate of drug-likeness (QED) is 0.193. The topological polar surface area (TPSA) is 47.3 Å². The van der Waals surface area contributed by atoms with Crippen molar-refractivity contribution in [2.24, 2.45) is 0 Å². The van der Waals surface area contributed by atoms with E-state index in [0.717, 1.165) is 66.9 Å². The summed E-state index contributed by atoms with van der Waals surface area (Å²) < 4.78 is 15.0. The van der Waals surface area contributed by atoms with Gasteiger partial charge in [-0.3, -0.25) is 0 Å². The lowest BCUT2D eigenvalue weighted by molar-refractivity contribution is 0.619. The fourth-order valence-electron chi connectivity index (χ4n) is 7.06. The van der Waals surface area contributed by atoms with E-state index in [4.69, 9.17) is 13.8 Å².